The number of anilines is 1. The van der Waals surface area contributed by atoms with Gasteiger partial charge in [0.05, 0.1) is 11.3 Å². The lowest BCUT2D eigenvalue weighted by atomic mass is 9.96. The lowest BCUT2D eigenvalue weighted by Gasteiger charge is -2.39. The smallest absolute Gasteiger partial charge is 0.252 e. The number of H-pyrrole nitrogens is 1. The third-order valence-corrected chi connectivity index (χ3v) is 6.48. The number of nitrogens with two attached hydrogens (primary N) is 1. The minimum Gasteiger partial charge on any atom is -0.381 e. The van der Waals surface area contributed by atoms with Gasteiger partial charge in [-0.3, -0.25) is 9.59 Å². The number of hydrogen-bond donors (Lipinski definition) is 3. The summed E-state index contributed by atoms with van der Waals surface area (Å²) in [6.07, 6.45) is 10.1. The second-order valence-corrected chi connectivity index (χ2v) is 8.48. The first-order chi connectivity index (χ1) is 15.5. The molecule has 4 heterocycles. The van der Waals surface area contributed by atoms with Crippen molar-refractivity contribution in [1.29, 1.82) is 0 Å². The highest BCUT2D eigenvalue weighted by atomic mass is 19.1. The lowest BCUT2D eigenvalue weighted by molar-refractivity contribution is -0.130. The van der Waals surface area contributed by atoms with Crippen LogP contribution >= 0.6 is 0 Å². The van der Waals surface area contributed by atoms with E-state index in [1.54, 1.807) is 30.5 Å². The van der Waals surface area contributed by atoms with Crippen LogP contribution in [0.25, 0.3) is 17.1 Å². The van der Waals surface area contributed by atoms with Gasteiger partial charge in [-0.1, -0.05) is 12.1 Å². The van der Waals surface area contributed by atoms with Crippen LogP contribution in [0.1, 0.15) is 41.6 Å². The number of aromatic amines is 1. The first-order valence-electron chi connectivity index (χ1n) is 10.8. The fraction of sp³-hybridized carbons (Fsp3) is 0.292. The number of halogens is 1. The number of carbonyl (C=O) groups excluding carboxylic acids is 2. The largest absolute Gasteiger partial charge is 0.381 e. The molecule has 5 rings (SSSR count). The van der Waals surface area contributed by atoms with Crippen molar-refractivity contribution < 1.29 is 14.0 Å². The molecular weight excluding hydrogens is 409 g/mol. The molecule has 2 bridgehead atoms. The fourth-order valence-electron chi connectivity index (χ4n) is 5.04. The maximum Gasteiger partial charge on any atom is 0.252 e. The second kappa shape index (κ2) is 8.11. The Morgan fingerprint density at radius 2 is 1.88 bits per heavy atom. The van der Waals surface area contributed by atoms with Crippen LogP contribution in [0.4, 0.5) is 10.1 Å². The standard InChI is InChI=1S/C24H24FN5O2/c25-15-4-1-14(2-5-15)3-8-21(31)30-17-6-7-18(30)12-16(11-17)29-22-19-9-10-27-24(19)28-13-20(22)23(26)32/h1-5,8-10,13,16-18H,6-7,11-12H2,(H2,26,32)(H2,27,28,29)/t16?,17-,18+. The van der Waals surface area contributed by atoms with Crippen molar-refractivity contribution in [2.75, 3.05) is 5.32 Å². The van der Waals surface area contributed by atoms with Crippen LogP contribution in [-0.2, 0) is 4.79 Å². The highest BCUT2D eigenvalue weighted by Gasteiger charge is 2.42. The van der Waals surface area contributed by atoms with Gasteiger partial charge >= 0.3 is 0 Å². The lowest BCUT2D eigenvalue weighted by Crippen LogP contribution is -2.49. The Kier molecular flexibility index (Phi) is 5.13. The van der Waals surface area contributed by atoms with Gasteiger partial charge in [-0.25, -0.2) is 9.37 Å². The molecule has 1 unspecified atom stereocenters. The molecule has 0 saturated carbocycles. The van der Waals surface area contributed by atoms with Gasteiger partial charge in [-0.2, -0.15) is 0 Å². The molecule has 0 radical (unpaired) electrons. The molecule has 0 spiro atoms. The molecule has 2 amide bonds. The zero-order valence-electron chi connectivity index (χ0n) is 17.4. The van der Waals surface area contributed by atoms with Crippen LogP contribution in [0.5, 0.6) is 0 Å². The van der Waals surface area contributed by atoms with Gasteiger partial charge in [0, 0.05) is 42.0 Å². The number of benzene rings is 1. The normalized spacial score (nSPS) is 22.5. The van der Waals surface area contributed by atoms with E-state index in [9.17, 15) is 14.0 Å². The molecule has 2 aliphatic heterocycles. The number of amides is 2. The van der Waals surface area contributed by atoms with Crippen LogP contribution in [0, 0.1) is 5.82 Å². The maximum atomic E-state index is 13.1. The zero-order chi connectivity index (χ0) is 22.2. The number of nitrogens with zero attached hydrogens (tertiary/aromatic N) is 2. The first-order valence-corrected chi connectivity index (χ1v) is 10.8. The molecular formula is C24H24FN5O2. The molecule has 1 aromatic carbocycles. The van der Waals surface area contributed by atoms with Crippen LogP contribution in [0.15, 0.2) is 48.8 Å². The summed E-state index contributed by atoms with van der Waals surface area (Å²) in [6, 6.07) is 8.33. The highest BCUT2D eigenvalue weighted by Crippen LogP contribution is 2.38. The predicted octanol–water partition coefficient (Wildman–Crippen LogP) is 3.45. The topological polar surface area (TPSA) is 104 Å². The molecule has 3 atom stereocenters. The van der Waals surface area contributed by atoms with Gasteiger partial charge in [0.25, 0.3) is 5.91 Å². The third kappa shape index (κ3) is 3.72. The van der Waals surface area contributed by atoms with Crippen molar-refractivity contribution in [2.24, 2.45) is 5.73 Å². The number of primary amides is 1. The van der Waals surface area contributed by atoms with Crippen molar-refractivity contribution >= 4 is 34.6 Å². The number of nitrogens with one attached hydrogen (secondary N) is 2. The molecule has 4 N–H and O–H groups in total. The quantitative estimate of drug-likeness (QED) is 0.536. The van der Waals surface area contributed by atoms with E-state index in [4.69, 9.17) is 5.73 Å². The van der Waals surface area contributed by atoms with E-state index in [2.05, 4.69) is 15.3 Å². The summed E-state index contributed by atoms with van der Waals surface area (Å²) in [5.74, 6) is -0.841. The third-order valence-electron chi connectivity index (χ3n) is 6.48. The van der Waals surface area contributed by atoms with Crippen molar-refractivity contribution in [2.45, 2.75) is 43.8 Å². The number of fused-ring (bicyclic) bond motifs is 3. The SMILES string of the molecule is NC(=O)c1cnc2[nH]ccc2c1NC1C[C@H]2CC[C@@H](C1)N2C(=O)C=Cc1ccc(F)cc1. The summed E-state index contributed by atoms with van der Waals surface area (Å²) in [5, 5.41) is 4.36. The highest BCUT2D eigenvalue weighted by molar-refractivity contribution is 6.06. The maximum absolute atomic E-state index is 13.1. The summed E-state index contributed by atoms with van der Waals surface area (Å²) in [4.78, 5) is 34.2. The van der Waals surface area contributed by atoms with Crippen molar-refractivity contribution in [1.82, 2.24) is 14.9 Å². The molecule has 3 aromatic rings. The molecule has 2 aromatic heterocycles. The number of piperidine rings is 1. The monoisotopic (exact) mass is 433 g/mol. The van der Waals surface area contributed by atoms with Crippen LogP contribution in [0.2, 0.25) is 0 Å². The molecule has 2 fully saturated rings. The Hall–Kier alpha value is -3.68. The van der Waals surface area contributed by atoms with E-state index >= 15 is 0 Å². The molecule has 0 aliphatic carbocycles. The molecule has 7 nitrogen and oxygen atoms in total. The molecule has 8 heteroatoms. The van der Waals surface area contributed by atoms with Gasteiger partial charge in [0.1, 0.15) is 11.5 Å². The van der Waals surface area contributed by atoms with E-state index in [1.165, 1.54) is 18.3 Å². The van der Waals surface area contributed by atoms with Gasteiger partial charge in [0.2, 0.25) is 5.91 Å². The van der Waals surface area contributed by atoms with E-state index in [1.807, 2.05) is 11.0 Å². The van der Waals surface area contributed by atoms with E-state index < -0.39 is 5.91 Å². The Labute approximate surface area is 184 Å². The van der Waals surface area contributed by atoms with Crippen molar-refractivity contribution in [3.63, 3.8) is 0 Å². The fourth-order valence-corrected chi connectivity index (χ4v) is 5.04. The summed E-state index contributed by atoms with van der Waals surface area (Å²) < 4.78 is 13.1. The Balaban J connectivity index is 1.32. The Bertz CT molecular complexity index is 1190. The minimum absolute atomic E-state index is 0.0185. The minimum atomic E-state index is -0.524. The van der Waals surface area contributed by atoms with Crippen molar-refractivity contribution in [3.8, 4) is 0 Å². The van der Waals surface area contributed by atoms with Crippen LogP contribution in [-0.4, -0.2) is 44.8 Å². The number of hydrogen-bond acceptors (Lipinski definition) is 4. The summed E-state index contributed by atoms with van der Waals surface area (Å²) in [5.41, 5.74) is 8.13. The molecule has 32 heavy (non-hydrogen) atoms. The number of carbonyl (C=O) groups is 2. The predicted molar refractivity (Wildman–Crippen MR) is 120 cm³/mol. The van der Waals surface area contributed by atoms with Gasteiger partial charge < -0.3 is 20.9 Å². The van der Waals surface area contributed by atoms with Crippen molar-refractivity contribution in [3.05, 3.63) is 65.7 Å². The van der Waals surface area contributed by atoms with Crippen LogP contribution < -0.4 is 11.1 Å². The average molecular weight is 433 g/mol. The number of rotatable bonds is 5. The molecule has 2 aliphatic rings. The van der Waals surface area contributed by atoms with Gasteiger partial charge in [-0.05, 0) is 55.5 Å². The molecule has 164 valence electrons. The average Bonchev–Trinajstić information content (AvgIpc) is 3.36. The Morgan fingerprint density at radius 3 is 2.56 bits per heavy atom. The Morgan fingerprint density at radius 1 is 1.16 bits per heavy atom. The zero-order valence-corrected chi connectivity index (χ0v) is 17.4. The van der Waals surface area contributed by atoms with Gasteiger partial charge in [-0.15, -0.1) is 0 Å². The van der Waals surface area contributed by atoms with E-state index in [0.717, 1.165) is 36.6 Å². The molecule has 2 saturated heterocycles. The number of aromatic nitrogens is 2. The summed E-state index contributed by atoms with van der Waals surface area (Å²) in [7, 11) is 0. The first kappa shape index (κ1) is 20.2. The number of pyridine rings is 1. The van der Waals surface area contributed by atoms with Gasteiger partial charge in [0.15, 0.2) is 0 Å². The summed E-state index contributed by atoms with van der Waals surface area (Å²) in [6.45, 7) is 0. The van der Waals surface area contributed by atoms with E-state index in [0.29, 0.717) is 16.9 Å². The van der Waals surface area contributed by atoms with Crippen LogP contribution in [0.3, 0.4) is 0 Å². The second-order valence-electron chi connectivity index (χ2n) is 8.48. The van der Waals surface area contributed by atoms with E-state index in [-0.39, 0.29) is 29.8 Å². The summed E-state index contributed by atoms with van der Waals surface area (Å²) >= 11 is 0.